The van der Waals surface area contributed by atoms with Crippen LogP contribution in [0, 0.1) is 14.9 Å². The molecule has 0 aromatic heterocycles. The summed E-state index contributed by atoms with van der Waals surface area (Å²) in [5, 5.41) is 11.4. The van der Waals surface area contributed by atoms with Crippen molar-refractivity contribution in [3.05, 3.63) is 39.5 Å². The van der Waals surface area contributed by atoms with E-state index in [0.717, 1.165) is 20.1 Å². The molecule has 0 radical (unpaired) electrons. The van der Waals surface area contributed by atoms with Gasteiger partial charge in [-0.05, 0) is 64.3 Å². The van der Waals surface area contributed by atoms with Crippen molar-refractivity contribution in [1.82, 2.24) is 0 Å². The summed E-state index contributed by atoms with van der Waals surface area (Å²) in [6.45, 7) is 12.3. The number of benzene rings is 2. The molecule has 0 atom stereocenters. The van der Waals surface area contributed by atoms with Crippen LogP contribution in [0.2, 0.25) is 18.1 Å². The molecule has 2 aromatic carbocycles. The zero-order valence-corrected chi connectivity index (χ0v) is 18.1. The van der Waals surface area contributed by atoms with Crippen LogP contribution in [0.25, 0.3) is 10.8 Å². The quantitative estimate of drug-likeness (QED) is 0.331. The first-order valence-corrected chi connectivity index (χ1v) is 12.0. The minimum atomic E-state index is -1.73. The van der Waals surface area contributed by atoms with Crippen LogP contribution in [-0.4, -0.2) is 21.5 Å². The van der Waals surface area contributed by atoms with Crippen LogP contribution in [0.1, 0.15) is 26.3 Å². The highest BCUT2D eigenvalue weighted by molar-refractivity contribution is 14.1. The van der Waals surface area contributed by atoms with Crippen molar-refractivity contribution in [2.45, 2.75) is 38.9 Å². The maximum absolute atomic E-state index is 9.08. The SMILES string of the molecule is CC(C)(C)[Si](C)(C)OCCOc1ccc2ccc(C#N)cc2c1I. The molecule has 0 fully saturated rings. The molecule has 0 aliphatic heterocycles. The van der Waals surface area contributed by atoms with Gasteiger partial charge in [-0.2, -0.15) is 5.26 Å². The zero-order valence-electron chi connectivity index (χ0n) is 14.9. The third-order valence-corrected chi connectivity index (χ3v) is 10.3. The van der Waals surface area contributed by atoms with Gasteiger partial charge in [0.05, 0.1) is 21.8 Å². The van der Waals surface area contributed by atoms with Gasteiger partial charge in [-0.3, -0.25) is 0 Å². The van der Waals surface area contributed by atoms with Gasteiger partial charge in [-0.25, -0.2) is 0 Å². The molecule has 5 heteroatoms. The van der Waals surface area contributed by atoms with E-state index < -0.39 is 8.32 Å². The first kappa shape index (κ1) is 19.2. The minimum Gasteiger partial charge on any atom is -0.490 e. The average molecular weight is 453 g/mol. The normalized spacial score (nSPS) is 12.2. The molecule has 24 heavy (non-hydrogen) atoms. The second kappa shape index (κ2) is 7.42. The van der Waals surface area contributed by atoms with E-state index in [4.69, 9.17) is 14.4 Å². The number of halogens is 1. The smallest absolute Gasteiger partial charge is 0.192 e. The summed E-state index contributed by atoms with van der Waals surface area (Å²) in [5.74, 6) is 0.844. The second-order valence-corrected chi connectivity index (χ2v) is 13.3. The van der Waals surface area contributed by atoms with Gasteiger partial charge < -0.3 is 9.16 Å². The van der Waals surface area contributed by atoms with Crippen molar-refractivity contribution >= 4 is 41.7 Å². The Morgan fingerprint density at radius 2 is 1.79 bits per heavy atom. The Labute approximate surface area is 159 Å². The Morgan fingerprint density at radius 3 is 2.42 bits per heavy atom. The van der Waals surface area contributed by atoms with E-state index in [9.17, 15) is 0 Å². The van der Waals surface area contributed by atoms with Crippen LogP contribution < -0.4 is 4.74 Å². The molecule has 0 saturated heterocycles. The Morgan fingerprint density at radius 1 is 1.12 bits per heavy atom. The second-order valence-electron chi connectivity index (χ2n) is 7.38. The summed E-state index contributed by atoms with van der Waals surface area (Å²) < 4.78 is 13.1. The van der Waals surface area contributed by atoms with Crippen molar-refractivity contribution in [2.24, 2.45) is 0 Å². The first-order chi connectivity index (χ1) is 11.2. The van der Waals surface area contributed by atoms with Crippen LogP contribution in [-0.2, 0) is 4.43 Å². The lowest BCUT2D eigenvalue weighted by atomic mass is 10.1. The molecule has 128 valence electrons. The molecule has 0 heterocycles. The Balaban J connectivity index is 2.06. The van der Waals surface area contributed by atoms with Crippen molar-refractivity contribution < 1.29 is 9.16 Å². The lowest BCUT2D eigenvalue weighted by Gasteiger charge is -2.36. The summed E-state index contributed by atoms with van der Waals surface area (Å²) in [6, 6.07) is 11.9. The molecule has 3 nitrogen and oxygen atoms in total. The molecule has 2 rings (SSSR count). The fourth-order valence-electron chi connectivity index (χ4n) is 2.11. The van der Waals surface area contributed by atoms with Gasteiger partial charge in [0.2, 0.25) is 0 Å². The van der Waals surface area contributed by atoms with Gasteiger partial charge in [0.1, 0.15) is 12.4 Å². The standard InChI is InChI=1S/C19H24INO2Si/c1-19(2,3)24(4,5)23-11-10-22-17-9-8-15-7-6-14(13-21)12-16(15)18(17)20/h6-9,12H,10-11H2,1-5H3. The molecule has 2 aromatic rings. The predicted octanol–water partition coefficient (Wildman–Crippen LogP) is 5.72. The van der Waals surface area contributed by atoms with Crippen LogP contribution in [0.3, 0.4) is 0 Å². The van der Waals surface area contributed by atoms with Crippen LogP contribution in [0.4, 0.5) is 0 Å². The zero-order chi connectivity index (χ0) is 18.0. The number of ether oxygens (including phenoxy) is 1. The lowest BCUT2D eigenvalue weighted by Crippen LogP contribution is -2.41. The summed E-state index contributed by atoms with van der Waals surface area (Å²) in [7, 11) is -1.73. The van der Waals surface area contributed by atoms with E-state index in [1.54, 1.807) is 0 Å². The number of rotatable bonds is 5. The van der Waals surface area contributed by atoms with Gasteiger partial charge >= 0.3 is 0 Å². The Hall–Kier alpha value is -1.10. The van der Waals surface area contributed by atoms with Gasteiger partial charge in [0, 0.05) is 5.39 Å². The summed E-state index contributed by atoms with van der Waals surface area (Å²) in [4.78, 5) is 0. The van der Waals surface area contributed by atoms with Crippen molar-refractivity contribution in [2.75, 3.05) is 13.2 Å². The summed E-state index contributed by atoms with van der Waals surface area (Å²) >= 11 is 2.29. The highest BCUT2D eigenvalue weighted by atomic mass is 127. The summed E-state index contributed by atoms with van der Waals surface area (Å²) in [5.41, 5.74) is 0.666. The summed E-state index contributed by atoms with van der Waals surface area (Å²) in [6.07, 6.45) is 0. The Bertz CT molecular complexity index is 775. The van der Waals surface area contributed by atoms with E-state index >= 15 is 0 Å². The lowest BCUT2D eigenvalue weighted by molar-refractivity contribution is 0.203. The fraction of sp³-hybridized carbons (Fsp3) is 0.421. The van der Waals surface area contributed by atoms with Crippen LogP contribution >= 0.6 is 22.6 Å². The molecule has 0 amide bonds. The molecule has 0 saturated carbocycles. The number of nitriles is 1. The first-order valence-electron chi connectivity index (χ1n) is 8.05. The fourth-order valence-corrected chi connectivity index (χ4v) is 3.94. The molecular formula is C19H24INO2Si. The molecule has 0 aliphatic carbocycles. The van der Waals surface area contributed by atoms with Crippen molar-refractivity contribution in [3.63, 3.8) is 0 Å². The van der Waals surface area contributed by atoms with Gasteiger partial charge in [-0.1, -0.05) is 32.9 Å². The van der Waals surface area contributed by atoms with Gasteiger partial charge in [0.25, 0.3) is 0 Å². The van der Waals surface area contributed by atoms with Gasteiger partial charge in [-0.15, -0.1) is 0 Å². The maximum Gasteiger partial charge on any atom is 0.192 e. The van der Waals surface area contributed by atoms with Crippen molar-refractivity contribution in [1.29, 1.82) is 5.26 Å². The molecule has 0 bridgehead atoms. The predicted molar refractivity (Wildman–Crippen MR) is 110 cm³/mol. The van der Waals surface area contributed by atoms with E-state index in [1.807, 2.05) is 30.3 Å². The average Bonchev–Trinajstić information content (AvgIpc) is 2.52. The number of hydrogen-bond acceptors (Lipinski definition) is 3. The van der Waals surface area contributed by atoms with Crippen LogP contribution in [0.5, 0.6) is 5.75 Å². The Kier molecular flexibility index (Phi) is 5.94. The third-order valence-electron chi connectivity index (χ3n) is 4.66. The molecule has 0 aliphatic rings. The molecule has 0 N–H and O–H groups in total. The van der Waals surface area contributed by atoms with Crippen molar-refractivity contribution in [3.8, 4) is 11.8 Å². The topological polar surface area (TPSA) is 42.2 Å². The number of hydrogen-bond donors (Lipinski definition) is 0. The van der Waals surface area contributed by atoms with E-state index in [0.29, 0.717) is 18.8 Å². The highest BCUT2D eigenvalue weighted by Crippen LogP contribution is 2.36. The number of fused-ring (bicyclic) bond motifs is 1. The number of nitrogens with zero attached hydrogens (tertiary/aromatic N) is 1. The molecule has 0 unspecified atom stereocenters. The van der Waals surface area contributed by atoms with Crippen LogP contribution in [0.15, 0.2) is 30.3 Å². The van der Waals surface area contributed by atoms with E-state index in [1.165, 1.54) is 0 Å². The highest BCUT2D eigenvalue weighted by Gasteiger charge is 2.36. The minimum absolute atomic E-state index is 0.206. The third kappa shape index (κ3) is 4.29. The monoisotopic (exact) mass is 453 g/mol. The molecule has 0 spiro atoms. The maximum atomic E-state index is 9.08. The van der Waals surface area contributed by atoms with Gasteiger partial charge in [0.15, 0.2) is 8.32 Å². The molecular weight excluding hydrogens is 429 g/mol. The van der Waals surface area contributed by atoms with E-state index in [2.05, 4.69) is 62.5 Å². The largest absolute Gasteiger partial charge is 0.490 e. The van der Waals surface area contributed by atoms with E-state index in [-0.39, 0.29) is 5.04 Å².